The van der Waals surface area contributed by atoms with E-state index in [1.807, 2.05) is 18.2 Å². The average molecular weight is 298 g/mol. The smallest absolute Gasteiger partial charge is 0.272 e. The Morgan fingerprint density at radius 3 is 2.73 bits per heavy atom. The van der Waals surface area contributed by atoms with Crippen LogP contribution in [0.15, 0.2) is 30.3 Å². The van der Waals surface area contributed by atoms with Crippen LogP contribution in [0.25, 0.3) is 0 Å². The van der Waals surface area contributed by atoms with Crippen molar-refractivity contribution in [1.29, 1.82) is 0 Å². The van der Waals surface area contributed by atoms with Crippen molar-refractivity contribution in [2.45, 2.75) is 25.7 Å². The minimum Gasteiger partial charge on any atom is -0.342 e. The van der Waals surface area contributed by atoms with Gasteiger partial charge in [0, 0.05) is 16.9 Å². The average Bonchev–Trinajstić information content (AvgIpc) is 2.98. The SMILES string of the molecule is O=C(CNC(=O)c1n[nH]c2c1CCCC2)Nc1ccccc1. The molecule has 1 aromatic carbocycles. The number of H-pyrrole nitrogens is 1. The summed E-state index contributed by atoms with van der Waals surface area (Å²) < 4.78 is 0. The Hall–Kier alpha value is -2.63. The second-order valence-corrected chi connectivity index (χ2v) is 5.33. The zero-order valence-electron chi connectivity index (χ0n) is 12.2. The number of amides is 2. The maximum absolute atomic E-state index is 12.2. The van der Waals surface area contributed by atoms with Crippen molar-refractivity contribution < 1.29 is 9.59 Å². The van der Waals surface area contributed by atoms with E-state index < -0.39 is 0 Å². The quantitative estimate of drug-likeness (QED) is 0.802. The van der Waals surface area contributed by atoms with Crippen LogP contribution in [0.2, 0.25) is 0 Å². The molecule has 0 saturated carbocycles. The zero-order chi connectivity index (χ0) is 15.4. The van der Waals surface area contributed by atoms with Crippen molar-refractivity contribution in [3.05, 3.63) is 47.3 Å². The third-order valence-corrected chi connectivity index (χ3v) is 3.74. The Balaban J connectivity index is 1.56. The number of nitrogens with zero attached hydrogens (tertiary/aromatic N) is 1. The molecule has 1 aliphatic rings. The Morgan fingerprint density at radius 2 is 1.91 bits per heavy atom. The van der Waals surface area contributed by atoms with Gasteiger partial charge in [-0.15, -0.1) is 0 Å². The fraction of sp³-hybridized carbons (Fsp3) is 0.312. The molecule has 0 radical (unpaired) electrons. The van der Waals surface area contributed by atoms with Crippen LogP contribution in [-0.2, 0) is 17.6 Å². The summed E-state index contributed by atoms with van der Waals surface area (Å²) in [5, 5.41) is 12.4. The van der Waals surface area contributed by atoms with E-state index in [-0.39, 0.29) is 18.4 Å². The number of hydrogen-bond donors (Lipinski definition) is 3. The highest BCUT2D eigenvalue weighted by Crippen LogP contribution is 2.21. The summed E-state index contributed by atoms with van der Waals surface area (Å²) in [6.07, 6.45) is 3.99. The van der Waals surface area contributed by atoms with Crippen LogP contribution in [0.3, 0.4) is 0 Å². The molecule has 3 rings (SSSR count). The lowest BCUT2D eigenvalue weighted by atomic mass is 9.96. The topological polar surface area (TPSA) is 86.9 Å². The van der Waals surface area contributed by atoms with Crippen molar-refractivity contribution >= 4 is 17.5 Å². The van der Waals surface area contributed by atoms with E-state index >= 15 is 0 Å². The molecule has 0 unspecified atom stereocenters. The van der Waals surface area contributed by atoms with Gasteiger partial charge in [0.1, 0.15) is 0 Å². The normalized spacial score (nSPS) is 13.3. The van der Waals surface area contributed by atoms with Crippen LogP contribution in [0.1, 0.15) is 34.6 Å². The summed E-state index contributed by atoms with van der Waals surface area (Å²) in [5.74, 6) is -0.563. The maximum atomic E-state index is 12.2. The fourth-order valence-electron chi connectivity index (χ4n) is 2.64. The van der Waals surface area contributed by atoms with Crippen molar-refractivity contribution in [2.75, 3.05) is 11.9 Å². The molecule has 0 atom stereocenters. The van der Waals surface area contributed by atoms with Gasteiger partial charge in [0.05, 0.1) is 6.54 Å². The predicted octanol–water partition coefficient (Wildman–Crippen LogP) is 1.66. The Bertz CT molecular complexity index is 679. The van der Waals surface area contributed by atoms with E-state index in [0.717, 1.165) is 36.9 Å². The van der Waals surface area contributed by atoms with Crippen molar-refractivity contribution in [3.8, 4) is 0 Å². The third-order valence-electron chi connectivity index (χ3n) is 3.74. The number of carbonyl (C=O) groups excluding carboxylic acids is 2. The molecule has 114 valence electrons. The molecule has 2 aromatic rings. The molecule has 1 aromatic heterocycles. The van der Waals surface area contributed by atoms with Gasteiger partial charge in [-0.25, -0.2) is 0 Å². The molecule has 0 fully saturated rings. The summed E-state index contributed by atoms with van der Waals surface area (Å²) in [7, 11) is 0. The standard InChI is InChI=1S/C16H18N4O2/c21-14(18-11-6-2-1-3-7-11)10-17-16(22)15-12-8-4-5-9-13(12)19-20-15/h1-3,6-7H,4-5,8-10H2,(H,17,22)(H,18,21)(H,19,20). The minimum absolute atomic E-state index is 0.0740. The maximum Gasteiger partial charge on any atom is 0.272 e. The number of hydrogen-bond acceptors (Lipinski definition) is 3. The molecular formula is C16H18N4O2. The lowest BCUT2D eigenvalue weighted by Crippen LogP contribution is -2.33. The van der Waals surface area contributed by atoms with E-state index in [1.165, 1.54) is 0 Å². The molecule has 1 heterocycles. The predicted molar refractivity (Wildman–Crippen MR) is 82.6 cm³/mol. The largest absolute Gasteiger partial charge is 0.342 e. The van der Waals surface area contributed by atoms with Crippen LogP contribution < -0.4 is 10.6 Å². The molecule has 22 heavy (non-hydrogen) atoms. The van der Waals surface area contributed by atoms with Gasteiger partial charge in [-0.2, -0.15) is 5.10 Å². The van der Waals surface area contributed by atoms with Crippen LogP contribution >= 0.6 is 0 Å². The third kappa shape index (κ3) is 3.16. The fourth-order valence-corrected chi connectivity index (χ4v) is 2.64. The summed E-state index contributed by atoms with van der Waals surface area (Å²) in [6.45, 7) is -0.0740. The monoisotopic (exact) mass is 298 g/mol. The van der Waals surface area contributed by atoms with Gasteiger partial charge in [0.25, 0.3) is 5.91 Å². The van der Waals surface area contributed by atoms with Gasteiger partial charge in [-0.3, -0.25) is 14.7 Å². The highest BCUT2D eigenvalue weighted by atomic mass is 16.2. The second-order valence-electron chi connectivity index (χ2n) is 5.33. The van der Waals surface area contributed by atoms with Gasteiger partial charge in [-0.1, -0.05) is 18.2 Å². The first-order valence-corrected chi connectivity index (χ1v) is 7.43. The Morgan fingerprint density at radius 1 is 1.14 bits per heavy atom. The summed E-state index contributed by atoms with van der Waals surface area (Å²) in [6, 6.07) is 9.14. The minimum atomic E-state index is -0.303. The second kappa shape index (κ2) is 6.43. The van der Waals surface area contributed by atoms with Crippen molar-refractivity contribution in [1.82, 2.24) is 15.5 Å². The highest BCUT2D eigenvalue weighted by molar-refractivity contribution is 5.99. The molecule has 2 amide bonds. The molecule has 1 aliphatic carbocycles. The number of anilines is 1. The summed E-state index contributed by atoms with van der Waals surface area (Å²) in [4.78, 5) is 24.0. The van der Waals surface area contributed by atoms with Crippen molar-refractivity contribution in [2.24, 2.45) is 0 Å². The van der Waals surface area contributed by atoms with Gasteiger partial charge in [0.2, 0.25) is 5.91 Å². The van der Waals surface area contributed by atoms with Gasteiger partial charge < -0.3 is 10.6 Å². The molecule has 6 nitrogen and oxygen atoms in total. The molecule has 3 N–H and O–H groups in total. The lowest BCUT2D eigenvalue weighted by Gasteiger charge is -2.11. The van der Waals surface area contributed by atoms with E-state index in [4.69, 9.17) is 0 Å². The van der Waals surface area contributed by atoms with Gasteiger partial charge >= 0.3 is 0 Å². The Labute approximate surface area is 128 Å². The number of rotatable bonds is 4. The van der Waals surface area contributed by atoms with E-state index in [0.29, 0.717) is 11.4 Å². The van der Waals surface area contributed by atoms with Crippen LogP contribution in [0.5, 0.6) is 0 Å². The lowest BCUT2D eigenvalue weighted by molar-refractivity contribution is -0.115. The molecule has 6 heteroatoms. The van der Waals surface area contributed by atoms with Gasteiger partial charge in [-0.05, 0) is 37.8 Å². The van der Waals surface area contributed by atoms with Crippen molar-refractivity contribution in [3.63, 3.8) is 0 Å². The van der Waals surface area contributed by atoms with Gasteiger partial charge in [0.15, 0.2) is 5.69 Å². The molecular weight excluding hydrogens is 280 g/mol. The number of benzene rings is 1. The zero-order valence-corrected chi connectivity index (χ0v) is 12.2. The number of aromatic nitrogens is 2. The number of nitrogens with one attached hydrogen (secondary N) is 3. The van der Waals surface area contributed by atoms with Crippen LogP contribution in [0, 0.1) is 0 Å². The molecule has 0 bridgehead atoms. The number of para-hydroxylation sites is 1. The van der Waals surface area contributed by atoms with Crippen LogP contribution in [0.4, 0.5) is 5.69 Å². The number of carbonyl (C=O) groups is 2. The van der Waals surface area contributed by atoms with Crippen LogP contribution in [-0.4, -0.2) is 28.6 Å². The molecule has 0 spiro atoms. The number of aromatic amines is 1. The first kappa shape index (κ1) is 14.3. The highest BCUT2D eigenvalue weighted by Gasteiger charge is 2.21. The summed E-state index contributed by atoms with van der Waals surface area (Å²) >= 11 is 0. The van der Waals surface area contributed by atoms with E-state index in [9.17, 15) is 9.59 Å². The van der Waals surface area contributed by atoms with E-state index in [2.05, 4.69) is 20.8 Å². The first-order chi connectivity index (χ1) is 10.7. The van der Waals surface area contributed by atoms with E-state index in [1.54, 1.807) is 12.1 Å². The molecule has 0 saturated heterocycles. The Kier molecular flexibility index (Phi) is 4.18. The number of fused-ring (bicyclic) bond motifs is 1. The number of aryl methyl sites for hydroxylation is 1. The summed E-state index contributed by atoms with van der Waals surface area (Å²) in [5.41, 5.74) is 3.17. The first-order valence-electron chi connectivity index (χ1n) is 7.43. The molecule has 0 aliphatic heterocycles.